The summed E-state index contributed by atoms with van der Waals surface area (Å²) < 4.78 is 25.8. The van der Waals surface area contributed by atoms with Crippen LogP contribution in [0.25, 0.3) is 10.8 Å². The van der Waals surface area contributed by atoms with Crippen LogP contribution < -0.4 is 4.74 Å². The van der Waals surface area contributed by atoms with Crippen molar-refractivity contribution in [1.82, 2.24) is 0 Å². The molecular weight excluding hydrogens is 732 g/mol. The molecule has 12 heteroatoms. The molecule has 3 spiro atoms. The minimum Gasteiger partial charge on any atom is -0.507 e. The number of fused-ring (bicyclic) bond motifs is 3. The summed E-state index contributed by atoms with van der Waals surface area (Å²) in [4.78, 5) is 24.8. The molecule has 2 saturated heterocycles. The van der Waals surface area contributed by atoms with Gasteiger partial charge in [-0.15, -0.1) is 0 Å². The topological polar surface area (TPSA) is 192 Å². The normalized spacial score (nSPS) is 39.0. The Bertz CT molecular complexity index is 2110. The zero-order chi connectivity index (χ0) is 39.8. The van der Waals surface area contributed by atoms with Gasteiger partial charge in [0.2, 0.25) is 6.29 Å². The summed E-state index contributed by atoms with van der Waals surface area (Å²) in [5, 5.41) is 67.6. The first-order valence-electron chi connectivity index (χ1n) is 21.0. The number of carboxylic acids is 1. The number of benzene rings is 2. The number of rotatable bonds is 5. The van der Waals surface area contributed by atoms with Crippen LogP contribution in [0.5, 0.6) is 17.2 Å². The Labute approximate surface area is 331 Å². The van der Waals surface area contributed by atoms with E-state index >= 15 is 0 Å². The van der Waals surface area contributed by atoms with E-state index in [-0.39, 0.29) is 51.2 Å². The maximum atomic E-state index is 12.6. The van der Waals surface area contributed by atoms with Crippen LogP contribution in [0, 0.1) is 47.3 Å². The molecule has 4 saturated carbocycles. The molecule has 2 aromatic carbocycles. The third-order valence-electron chi connectivity index (χ3n) is 16.2. The fourth-order valence-corrected chi connectivity index (χ4v) is 14.0. The highest BCUT2D eigenvalue weighted by atomic mass is 16.7. The number of aromatic carboxylic acids is 1. The number of aromatic hydroxyl groups is 2. The minimum absolute atomic E-state index is 0.0109. The molecule has 0 bridgehead atoms. The van der Waals surface area contributed by atoms with Crippen molar-refractivity contribution in [2.45, 2.75) is 115 Å². The number of carbonyl (C=O) groups excluding carboxylic acids is 1. The van der Waals surface area contributed by atoms with E-state index in [1.807, 2.05) is 0 Å². The van der Waals surface area contributed by atoms with Crippen LogP contribution in [-0.2, 0) is 14.2 Å². The predicted octanol–water partition coefficient (Wildman–Crippen LogP) is 5.71. The lowest BCUT2D eigenvalue weighted by Crippen LogP contribution is -2.69. The third kappa shape index (κ3) is 5.46. The van der Waals surface area contributed by atoms with Gasteiger partial charge < -0.3 is 49.6 Å². The quantitative estimate of drug-likeness (QED) is 0.160. The number of aliphatic hydroxyl groups is 3. The Hall–Kier alpha value is -3.52. The van der Waals surface area contributed by atoms with Gasteiger partial charge in [0.15, 0.2) is 5.78 Å². The van der Waals surface area contributed by atoms with Gasteiger partial charge in [0, 0.05) is 23.5 Å². The Morgan fingerprint density at radius 1 is 0.965 bits per heavy atom. The van der Waals surface area contributed by atoms with E-state index in [0.717, 1.165) is 31.6 Å². The molecule has 5 aliphatic carbocycles. The number of carbonyl (C=O) groups is 2. The van der Waals surface area contributed by atoms with Gasteiger partial charge in [-0.3, -0.25) is 4.79 Å². The lowest BCUT2D eigenvalue weighted by molar-refractivity contribution is -0.326. The first-order valence-corrected chi connectivity index (χ1v) is 21.0. The molecular formula is C45H54O12. The molecule has 11 atom stereocenters. The molecule has 0 amide bonds. The molecule has 6 fully saturated rings. The second-order valence-corrected chi connectivity index (χ2v) is 19.1. The monoisotopic (exact) mass is 786 g/mol. The summed E-state index contributed by atoms with van der Waals surface area (Å²) in [6.07, 6.45) is 8.68. The van der Waals surface area contributed by atoms with Crippen molar-refractivity contribution in [2.75, 3.05) is 26.4 Å². The standard InChI is InChI=1S/C45H54O12/c1-21-33(22(2)47)38(49)36-27(37(21)48)11-24(41(52)53)12-31(36)56-42-39(50)40(51)45(32(16-46)57-42)15-29-28-14-44(10-9-43(20-44)7-3-4-8-43)13-25-17-54-19-30(35(25)28)26-6-5-23(18-55-45)34(26)29/h6,11-12,25,28-30,32,35,39-40,42,46,48-51H,3-5,7-10,13-20H2,1-2H3,(H,52,53)/t25-,28-,29-,30-,32-,35-,39-,40-,42-,44+,45-/m1/s1. The van der Waals surface area contributed by atoms with Crippen LogP contribution >= 0.6 is 0 Å². The number of aliphatic hydroxyl groups excluding tert-OH is 3. The number of hydrogen-bond donors (Lipinski definition) is 6. The predicted molar refractivity (Wildman–Crippen MR) is 205 cm³/mol. The molecule has 306 valence electrons. The van der Waals surface area contributed by atoms with E-state index in [4.69, 9.17) is 18.9 Å². The van der Waals surface area contributed by atoms with Crippen molar-refractivity contribution in [3.05, 3.63) is 51.6 Å². The van der Waals surface area contributed by atoms with Crippen LogP contribution in [-0.4, -0.2) is 99.0 Å². The summed E-state index contributed by atoms with van der Waals surface area (Å²) in [5.41, 5.74) is 2.61. The maximum absolute atomic E-state index is 12.6. The number of phenolic OH excluding ortho intramolecular Hbond substituents is 2. The number of Topliss-reactive ketones (excluding diaryl/α,β-unsaturated/α-hetero) is 1. The molecule has 0 aromatic heterocycles. The Morgan fingerprint density at radius 3 is 2.47 bits per heavy atom. The van der Waals surface area contributed by atoms with Gasteiger partial charge in [0.25, 0.3) is 0 Å². The summed E-state index contributed by atoms with van der Waals surface area (Å²) in [6, 6.07) is 2.27. The van der Waals surface area contributed by atoms with Gasteiger partial charge >= 0.3 is 5.97 Å². The second kappa shape index (κ2) is 13.2. The molecule has 6 N–H and O–H groups in total. The maximum Gasteiger partial charge on any atom is 0.335 e. The fourth-order valence-electron chi connectivity index (χ4n) is 14.0. The number of carboxylic acid groups (broad SMARTS) is 1. The lowest BCUT2D eigenvalue weighted by Gasteiger charge is -2.59. The van der Waals surface area contributed by atoms with Crippen molar-refractivity contribution in [3.8, 4) is 17.2 Å². The molecule has 10 rings (SSSR count). The number of ether oxygens (including phenoxy) is 4. The van der Waals surface area contributed by atoms with Gasteiger partial charge in [-0.05, 0) is 135 Å². The highest BCUT2D eigenvalue weighted by Crippen LogP contribution is 2.69. The zero-order valence-electron chi connectivity index (χ0n) is 32.7. The van der Waals surface area contributed by atoms with Crippen LogP contribution in [0.1, 0.15) is 104 Å². The average Bonchev–Trinajstić information content (AvgIpc) is 3.89. The Kier molecular flexibility index (Phi) is 8.77. The smallest absolute Gasteiger partial charge is 0.335 e. The van der Waals surface area contributed by atoms with Crippen LogP contribution in [0.3, 0.4) is 0 Å². The number of phenols is 2. The van der Waals surface area contributed by atoms with Crippen molar-refractivity contribution in [2.24, 2.45) is 40.4 Å². The molecule has 3 aliphatic heterocycles. The average molecular weight is 787 g/mol. The van der Waals surface area contributed by atoms with E-state index in [0.29, 0.717) is 42.1 Å². The van der Waals surface area contributed by atoms with Crippen molar-refractivity contribution < 1.29 is 59.2 Å². The van der Waals surface area contributed by atoms with Gasteiger partial charge in [-0.25, -0.2) is 4.79 Å². The van der Waals surface area contributed by atoms with E-state index < -0.39 is 60.1 Å². The Balaban J connectivity index is 1.01. The highest BCUT2D eigenvalue weighted by Gasteiger charge is 2.65. The lowest BCUT2D eigenvalue weighted by atomic mass is 9.47. The molecule has 57 heavy (non-hydrogen) atoms. The summed E-state index contributed by atoms with van der Waals surface area (Å²) in [6.45, 7) is 3.77. The van der Waals surface area contributed by atoms with E-state index in [1.54, 1.807) is 0 Å². The fraction of sp³-hybridized carbons (Fsp3) is 0.644. The number of allylic oxidation sites excluding steroid dienone is 2. The largest absolute Gasteiger partial charge is 0.507 e. The SMILES string of the molecule is CC(=O)c1c(C)c(O)c2cc(C(=O)O)cc(O[C@@H]3O[C@H](CO)[C@]4(C[C@H]5C6=C(CC=C6[C@H]6COC[C@H]7C[C@@]8(CCC9(CCCC9)C8)C[C@H]5[C@@H]76)CO4)[C@H](O)[C@H]3O)c2c1O. The van der Waals surface area contributed by atoms with E-state index in [9.17, 15) is 40.2 Å². The zero-order valence-corrected chi connectivity index (χ0v) is 32.7. The van der Waals surface area contributed by atoms with E-state index in [2.05, 4.69) is 6.08 Å². The third-order valence-corrected chi connectivity index (χ3v) is 16.2. The molecule has 8 aliphatic rings. The van der Waals surface area contributed by atoms with Gasteiger partial charge in [-0.2, -0.15) is 0 Å². The first-order chi connectivity index (χ1) is 27.3. The number of hydrogen-bond acceptors (Lipinski definition) is 11. The van der Waals surface area contributed by atoms with Crippen molar-refractivity contribution in [1.29, 1.82) is 0 Å². The summed E-state index contributed by atoms with van der Waals surface area (Å²) in [7, 11) is 0. The summed E-state index contributed by atoms with van der Waals surface area (Å²) in [5.74, 6) is -1.64. The first kappa shape index (κ1) is 37.7. The summed E-state index contributed by atoms with van der Waals surface area (Å²) >= 11 is 0. The molecule has 0 unspecified atom stereocenters. The molecule has 2 aromatic rings. The van der Waals surface area contributed by atoms with Crippen LogP contribution in [0.15, 0.2) is 34.9 Å². The van der Waals surface area contributed by atoms with E-state index in [1.165, 1.54) is 81.9 Å². The highest BCUT2D eigenvalue weighted by molar-refractivity contribution is 6.11. The van der Waals surface area contributed by atoms with Crippen LogP contribution in [0.2, 0.25) is 0 Å². The molecule has 12 nitrogen and oxygen atoms in total. The van der Waals surface area contributed by atoms with Crippen molar-refractivity contribution in [3.63, 3.8) is 0 Å². The second-order valence-electron chi connectivity index (χ2n) is 19.1. The van der Waals surface area contributed by atoms with Crippen LogP contribution in [0.4, 0.5) is 0 Å². The number of ketones is 1. The minimum atomic E-state index is -1.74. The van der Waals surface area contributed by atoms with Gasteiger partial charge in [0.1, 0.15) is 41.2 Å². The Morgan fingerprint density at radius 2 is 1.74 bits per heavy atom. The molecule has 3 heterocycles. The van der Waals surface area contributed by atoms with Gasteiger partial charge in [-0.1, -0.05) is 18.9 Å². The molecule has 0 radical (unpaired) electrons. The van der Waals surface area contributed by atoms with Gasteiger partial charge in [0.05, 0.1) is 36.3 Å². The van der Waals surface area contributed by atoms with Crippen molar-refractivity contribution >= 4 is 22.5 Å².